The largest absolute Gasteiger partial charge is 0.419 e. The summed E-state index contributed by atoms with van der Waals surface area (Å²) in [6, 6.07) is 12.2. The molecule has 1 saturated heterocycles. The molecule has 1 fully saturated rings. The van der Waals surface area contributed by atoms with E-state index in [1.165, 1.54) is 0 Å². The Kier molecular flexibility index (Phi) is 3.01. The quantitative estimate of drug-likeness (QED) is 0.732. The minimum atomic E-state index is 0.455. The molecule has 2 aromatic heterocycles. The lowest BCUT2D eigenvalue weighted by molar-refractivity contribution is 0.0817. The fourth-order valence-electron chi connectivity index (χ4n) is 2.54. The van der Waals surface area contributed by atoms with E-state index < -0.39 is 0 Å². The van der Waals surface area contributed by atoms with Crippen molar-refractivity contribution in [3.8, 4) is 11.5 Å². The minimum Gasteiger partial charge on any atom is -0.419 e. The van der Waals surface area contributed by atoms with Crippen LogP contribution < -0.4 is 0 Å². The van der Waals surface area contributed by atoms with Crippen LogP contribution in [0.1, 0.15) is 11.9 Å². The number of hydrogen-bond donors (Lipinski definition) is 0. The van der Waals surface area contributed by atoms with Crippen molar-refractivity contribution in [2.45, 2.75) is 12.6 Å². The van der Waals surface area contributed by atoms with E-state index in [0.717, 1.165) is 18.7 Å². The van der Waals surface area contributed by atoms with E-state index in [9.17, 15) is 0 Å². The molecule has 0 aliphatic carbocycles. The van der Waals surface area contributed by atoms with Crippen LogP contribution in [0.3, 0.4) is 0 Å². The lowest BCUT2D eigenvalue weighted by Gasteiger charge is -2.38. The highest BCUT2D eigenvalue weighted by Gasteiger charge is 2.29. The Morgan fingerprint density at radius 1 is 1.10 bits per heavy atom. The molecule has 106 valence electrons. The molecule has 3 aromatic rings. The van der Waals surface area contributed by atoms with Gasteiger partial charge in [0.25, 0.3) is 0 Å². The van der Waals surface area contributed by atoms with Gasteiger partial charge in [-0.15, -0.1) is 10.2 Å². The summed E-state index contributed by atoms with van der Waals surface area (Å²) >= 11 is 0. The Bertz CT molecular complexity index is 701. The highest BCUT2D eigenvalue weighted by atomic mass is 16.4. The second kappa shape index (κ2) is 5.14. The summed E-state index contributed by atoms with van der Waals surface area (Å²) in [6.45, 7) is 2.62. The van der Waals surface area contributed by atoms with Gasteiger partial charge >= 0.3 is 0 Å². The van der Waals surface area contributed by atoms with Gasteiger partial charge in [-0.25, -0.2) is 0 Å². The summed E-state index contributed by atoms with van der Waals surface area (Å²) in [4.78, 5) is 2.27. The van der Waals surface area contributed by atoms with Gasteiger partial charge in [0.1, 0.15) is 0 Å². The second-order valence-electron chi connectivity index (χ2n) is 5.20. The Morgan fingerprint density at radius 2 is 1.95 bits per heavy atom. The molecule has 1 aliphatic rings. The van der Waals surface area contributed by atoms with Gasteiger partial charge in [-0.2, -0.15) is 5.10 Å². The average Bonchev–Trinajstić information content (AvgIpc) is 3.15. The SMILES string of the molecule is c1ccc(-c2nnc(CN3CC(n4cccn4)C3)o2)cc1. The van der Waals surface area contributed by atoms with Gasteiger partial charge in [0.05, 0.1) is 12.6 Å². The van der Waals surface area contributed by atoms with E-state index in [2.05, 4.69) is 20.2 Å². The molecule has 0 bridgehead atoms. The lowest BCUT2D eigenvalue weighted by atomic mass is 10.1. The third kappa shape index (κ3) is 2.45. The van der Waals surface area contributed by atoms with Crippen LogP contribution in [-0.4, -0.2) is 38.0 Å². The molecular formula is C15H15N5O. The van der Waals surface area contributed by atoms with Crippen LogP contribution in [0, 0.1) is 0 Å². The Balaban J connectivity index is 1.38. The lowest BCUT2D eigenvalue weighted by Crippen LogP contribution is -2.47. The summed E-state index contributed by atoms with van der Waals surface area (Å²) in [5.74, 6) is 1.24. The molecule has 0 N–H and O–H groups in total. The van der Waals surface area contributed by atoms with Gasteiger partial charge < -0.3 is 4.42 Å². The third-order valence-corrected chi connectivity index (χ3v) is 3.68. The van der Waals surface area contributed by atoms with Crippen molar-refractivity contribution in [3.05, 3.63) is 54.7 Å². The fourth-order valence-corrected chi connectivity index (χ4v) is 2.54. The van der Waals surface area contributed by atoms with Crippen LogP contribution in [0.2, 0.25) is 0 Å². The van der Waals surface area contributed by atoms with Crippen LogP contribution in [0.5, 0.6) is 0 Å². The fraction of sp³-hybridized carbons (Fsp3) is 0.267. The molecule has 1 aliphatic heterocycles. The predicted molar refractivity (Wildman–Crippen MR) is 76.3 cm³/mol. The molecule has 3 heterocycles. The van der Waals surface area contributed by atoms with Crippen LogP contribution in [0.15, 0.2) is 53.2 Å². The van der Waals surface area contributed by atoms with Gasteiger partial charge in [0.2, 0.25) is 11.8 Å². The first kappa shape index (κ1) is 12.3. The molecule has 6 heteroatoms. The highest BCUT2D eigenvalue weighted by Crippen LogP contribution is 2.23. The number of aromatic nitrogens is 4. The van der Waals surface area contributed by atoms with Gasteiger partial charge in [0, 0.05) is 31.0 Å². The van der Waals surface area contributed by atoms with Crippen molar-refractivity contribution in [2.24, 2.45) is 0 Å². The van der Waals surface area contributed by atoms with E-state index in [0.29, 0.717) is 24.4 Å². The molecule has 0 amide bonds. The van der Waals surface area contributed by atoms with Crippen molar-refractivity contribution in [3.63, 3.8) is 0 Å². The molecule has 0 spiro atoms. The topological polar surface area (TPSA) is 60.0 Å². The number of hydrogen-bond acceptors (Lipinski definition) is 5. The number of nitrogens with zero attached hydrogens (tertiary/aromatic N) is 5. The van der Waals surface area contributed by atoms with Crippen LogP contribution in [0.4, 0.5) is 0 Å². The van der Waals surface area contributed by atoms with Crippen molar-refractivity contribution < 1.29 is 4.42 Å². The van der Waals surface area contributed by atoms with Crippen molar-refractivity contribution >= 4 is 0 Å². The van der Waals surface area contributed by atoms with Gasteiger partial charge in [-0.05, 0) is 18.2 Å². The monoisotopic (exact) mass is 281 g/mol. The summed E-state index contributed by atoms with van der Waals surface area (Å²) < 4.78 is 7.72. The molecule has 0 unspecified atom stereocenters. The maximum atomic E-state index is 5.72. The van der Waals surface area contributed by atoms with Gasteiger partial charge in [-0.3, -0.25) is 9.58 Å². The van der Waals surface area contributed by atoms with Crippen molar-refractivity contribution in [1.29, 1.82) is 0 Å². The number of likely N-dealkylation sites (tertiary alicyclic amines) is 1. The first-order valence-electron chi connectivity index (χ1n) is 6.98. The van der Waals surface area contributed by atoms with E-state index in [-0.39, 0.29) is 0 Å². The summed E-state index contributed by atoms with van der Waals surface area (Å²) in [6.07, 6.45) is 3.81. The standard InChI is InChI=1S/C15H15N5O/c1-2-5-12(6-3-1)15-18-17-14(21-15)11-19-9-13(10-19)20-8-4-7-16-20/h1-8,13H,9-11H2. The van der Waals surface area contributed by atoms with Crippen molar-refractivity contribution in [1.82, 2.24) is 24.9 Å². The summed E-state index contributed by atoms with van der Waals surface area (Å²) in [7, 11) is 0. The zero-order chi connectivity index (χ0) is 14.1. The summed E-state index contributed by atoms with van der Waals surface area (Å²) in [5, 5.41) is 12.5. The molecule has 0 saturated carbocycles. The molecule has 0 radical (unpaired) electrons. The number of rotatable bonds is 4. The van der Waals surface area contributed by atoms with Gasteiger partial charge in [-0.1, -0.05) is 18.2 Å². The maximum Gasteiger partial charge on any atom is 0.247 e. The average molecular weight is 281 g/mol. The second-order valence-corrected chi connectivity index (χ2v) is 5.20. The molecule has 21 heavy (non-hydrogen) atoms. The molecule has 1 aromatic carbocycles. The Labute approximate surface area is 122 Å². The molecule has 6 nitrogen and oxygen atoms in total. The maximum absolute atomic E-state index is 5.72. The first-order chi connectivity index (χ1) is 10.4. The predicted octanol–water partition coefficient (Wildman–Crippen LogP) is 1.99. The van der Waals surface area contributed by atoms with Crippen molar-refractivity contribution in [2.75, 3.05) is 13.1 Å². The zero-order valence-corrected chi connectivity index (χ0v) is 11.5. The first-order valence-corrected chi connectivity index (χ1v) is 6.98. The normalized spacial score (nSPS) is 16.0. The smallest absolute Gasteiger partial charge is 0.247 e. The zero-order valence-electron chi connectivity index (χ0n) is 11.5. The Morgan fingerprint density at radius 3 is 2.71 bits per heavy atom. The highest BCUT2D eigenvalue weighted by molar-refractivity contribution is 5.51. The van der Waals surface area contributed by atoms with Crippen LogP contribution in [-0.2, 0) is 6.54 Å². The molecule has 4 rings (SSSR count). The van der Waals surface area contributed by atoms with E-state index in [1.54, 1.807) is 0 Å². The molecular weight excluding hydrogens is 266 g/mol. The van der Waals surface area contributed by atoms with Crippen LogP contribution in [0.25, 0.3) is 11.5 Å². The summed E-state index contributed by atoms with van der Waals surface area (Å²) in [5.41, 5.74) is 0.953. The van der Waals surface area contributed by atoms with Crippen LogP contribution >= 0.6 is 0 Å². The van der Waals surface area contributed by atoms with E-state index in [1.807, 2.05) is 53.5 Å². The van der Waals surface area contributed by atoms with Gasteiger partial charge in [0.15, 0.2) is 0 Å². The number of benzene rings is 1. The Hall–Kier alpha value is -2.47. The van der Waals surface area contributed by atoms with E-state index in [4.69, 9.17) is 4.42 Å². The molecule has 0 atom stereocenters. The van der Waals surface area contributed by atoms with E-state index >= 15 is 0 Å². The third-order valence-electron chi connectivity index (χ3n) is 3.68. The minimum absolute atomic E-state index is 0.455.